The first-order chi connectivity index (χ1) is 7.65. The molecule has 3 N–H and O–H groups in total. The third-order valence-corrected chi connectivity index (χ3v) is 1.75. The zero-order valence-corrected chi connectivity index (χ0v) is 8.69. The Morgan fingerprint density at radius 3 is 2.75 bits per heavy atom. The molecule has 0 bridgehead atoms. The molecular formula is C9H12N4O3. The second kappa shape index (κ2) is 5.54. The Labute approximate surface area is 92.0 Å². The number of carbonyl (C=O) groups is 1. The number of nitro benzene ring substituents is 1. The molecule has 7 nitrogen and oxygen atoms in total. The van der Waals surface area contributed by atoms with Gasteiger partial charge in [0.05, 0.1) is 4.92 Å². The summed E-state index contributed by atoms with van der Waals surface area (Å²) in [6.07, 6.45) is 0. The number of hydrazine groups is 1. The van der Waals surface area contributed by atoms with E-state index in [2.05, 4.69) is 16.2 Å². The van der Waals surface area contributed by atoms with Crippen LogP contribution >= 0.6 is 0 Å². The molecule has 0 aliphatic carbocycles. The molecule has 1 rings (SSSR count). The third-order valence-electron chi connectivity index (χ3n) is 1.75. The average molecular weight is 224 g/mol. The molecule has 7 heteroatoms. The van der Waals surface area contributed by atoms with Gasteiger partial charge in [-0.3, -0.25) is 21.0 Å². The zero-order valence-electron chi connectivity index (χ0n) is 8.69. The monoisotopic (exact) mass is 224 g/mol. The Morgan fingerprint density at radius 2 is 2.12 bits per heavy atom. The van der Waals surface area contributed by atoms with Crippen molar-refractivity contribution < 1.29 is 9.72 Å². The Kier molecular flexibility index (Phi) is 4.07. The van der Waals surface area contributed by atoms with Gasteiger partial charge in [-0.1, -0.05) is 12.1 Å². The van der Waals surface area contributed by atoms with Crippen LogP contribution in [0.5, 0.6) is 0 Å². The maximum atomic E-state index is 11.0. The van der Waals surface area contributed by atoms with Gasteiger partial charge in [-0.05, 0) is 13.0 Å². The van der Waals surface area contributed by atoms with E-state index in [0.29, 0.717) is 6.54 Å². The summed E-state index contributed by atoms with van der Waals surface area (Å²) in [4.78, 5) is 21.1. The second-order valence-corrected chi connectivity index (χ2v) is 2.88. The first-order valence-electron chi connectivity index (χ1n) is 4.68. The van der Waals surface area contributed by atoms with E-state index >= 15 is 0 Å². The van der Waals surface area contributed by atoms with Gasteiger partial charge in [0.15, 0.2) is 0 Å². The Morgan fingerprint density at radius 1 is 1.44 bits per heavy atom. The minimum Gasteiger partial charge on any atom is -0.337 e. The first kappa shape index (κ1) is 11.8. The van der Waals surface area contributed by atoms with Crippen LogP contribution in [0.25, 0.3) is 0 Å². The van der Waals surface area contributed by atoms with Crippen molar-refractivity contribution in [2.75, 3.05) is 12.0 Å². The zero-order chi connectivity index (χ0) is 12.0. The molecule has 0 saturated carbocycles. The smallest absolute Gasteiger partial charge is 0.333 e. The van der Waals surface area contributed by atoms with E-state index in [1.165, 1.54) is 12.1 Å². The molecule has 0 heterocycles. The van der Waals surface area contributed by atoms with Crippen molar-refractivity contribution in [1.82, 2.24) is 10.7 Å². The molecule has 0 aliphatic rings. The van der Waals surface area contributed by atoms with Gasteiger partial charge in [0.2, 0.25) is 0 Å². The van der Waals surface area contributed by atoms with E-state index in [1.54, 1.807) is 19.1 Å². The van der Waals surface area contributed by atoms with Crippen LogP contribution in [-0.2, 0) is 0 Å². The number of anilines is 1. The fourth-order valence-corrected chi connectivity index (χ4v) is 1.07. The summed E-state index contributed by atoms with van der Waals surface area (Å²) < 4.78 is 0. The highest BCUT2D eigenvalue weighted by Gasteiger charge is 2.12. The van der Waals surface area contributed by atoms with E-state index in [9.17, 15) is 14.9 Å². The van der Waals surface area contributed by atoms with Gasteiger partial charge < -0.3 is 5.32 Å². The van der Waals surface area contributed by atoms with Crippen LogP contribution in [0.3, 0.4) is 0 Å². The molecule has 0 unspecified atom stereocenters. The van der Waals surface area contributed by atoms with Gasteiger partial charge in [-0.25, -0.2) is 4.79 Å². The van der Waals surface area contributed by atoms with Crippen LogP contribution in [0.4, 0.5) is 16.2 Å². The summed E-state index contributed by atoms with van der Waals surface area (Å²) in [5.74, 6) is 0. The molecule has 0 spiro atoms. The van der Waals surface area contributed by atoms with E-state index in [-0.39, 0.29) is 11.4 Å². The Hall–Kier alpha value is -2.31. The molecule has 1 aromatic rings. The molecule has 0 fully saturated rings. The molecule has 86 valence electrons. The molecule has 16 heavy (non-hydrogen) atoms. The van der Waals surface area contributed by atoms with Crippen molar-refractivity contribution >= 4 is 17.4 Å². The predicted octanol–water partition coefficient (Wildman–Crippen LogP) is 1.24. The maximum absolute atomic E-state index is 11.0. The summed E-state index contributed by atoms with van der Waals surface area (Å²) in [7, 11) is 0. The summed E-state index contributed by atoms with van der Waals surface area (Å²) >= 11 is 0. The van der Waals surface area contributed by atoms with Gasteiger partial charge >= 0.3 is 6.03 Å². The number of carbonyl (C=O) groups excluding carboxylic acids is 1. The van der Waals surface area contributed by atoms with Gasteiger partial charge in [-0.2, -0.15) is 0 Å². The molecule has 1 aromatic carbocycles. The SMILES string of the molecule is CCNC(=O)NNc1ccccc1[N+](=O)[O-]. The number of amides is 2. The fraction of sp³-hybridized carbons (Fsp3) is 0.222. The number of nitrogens with one attached hydrogen (secondary N) is 3. The van der Waals surface area contributed by atoms with Gasteiger partial charge in [0.1, 0.15) is 5.69 Å². The highest BCUT2D eigenvalue weighted by Crippen LogP contribution is 2.21. The van der Waals surface area contributed by atoms with E-state index in [0.717, 1.165) is 0 Å². The van der Waals surface area contributed by atoms with Crippen molar-refractivity contribution in [1.29, 1.82) is 0 Å². The number of hydrogen-bond acceptors (Lipinski definition) is 4. The normalized spacial score (nSPS) is 9.31. The first-order valence-corrected chi connectivity index (χ1v) is 4.68. The largest absolute Gasteiger partial charge is 0.337 e. The highest BCUT2D eigenvalue weighted by molar-refractivity contribution is 5.76. The summed E-state index contributed by atoms with van der Waals surface area (Å²) in [6.45, 7) is 2.24. The van der Waals surface area contributed by atoms with E-state index < -0.39 is 11.0 Å². The van der Waals surface area contributed by atoms with Gasteiger partial charge in [-0.15, -0.1) is 0 Å². The number of hydrogen-bond donors (Lipinski definition) is 3. The van der Waals surface area contributed by atoms with E-state index in [1.807, 2.05) is 0 Å². The highest BCUT2D eigenvalue weighted by atomic mass is 16.6. The molecule has 0 radical (unpaired) electrons. The molecule has 2 amide bonds. The summed E-state index contributed by atoms with van der Waals surface area (Å²) in [5, 5.41) is 13.1. The van der Waals surface area contributed by atoms with Crippen LogP contribution in [0, 0.1) is 10.1 Å². The lowest BCUT2D eigenvalue weighted by molar-refractivity contribution is -0.384. The summed E-state index contributed by atoms with van der Waals surface area (Å²) in [5.41, 5.74) is 4.90. The van der Waals surface area contributed by atoms with Crippen LogP contribution < -0.4 is 16.2 Å². The number of nitrogens with zero attached hydrogens (tertiary/aromatic N) is 1. The second-order valence-electron chi connectivity index (χ2n) is 2.88. The number of urea groups is 1. The number of benzene rings is 1. The minimum atomic E-state index is -0.526. The Bertz CT molecular complexity index is 394. The number of rotatable bonds is 4. The van der Waals surface area contributed by atoms with Crippen molar-refractivity contribution in [2.24, 2.45) is 0 Å². The minimum absolute atomic E-state index is 0.0979. The average Bonchev–Trinajstić information content (AvgIpc) is 2.27. The summed E-state index contributed by atoms with van der Waals surface area (Å²) in [6, 6.07) is 5.59. The van der Waals surface area contributed by atoms with Crippen LogP contribution in [0.2, 0.25) is 0 Å². The number of para-hydroxylation sites is 2. The quantitative estimate of drug-likeness (QED) is 0.529. The lowest BCUT2D eigenvalue weighted by Crippen LogP contribution is -2.38. The van der Waals surface area contributed by atoms with Crippen molar-refractivity contribution in [2.45, 2.75) is 6.92 Å². The molecule has 0 saturated heterocycles. The number of nitro groups is 1. The third kappa shape index (κ3) is 3.12. The Balaban J connectivity index is 2.66. The van der Waals surface area contributed by atoms with Gasteiger partial charge in [0, 0.05) is 12.6 Å². The van der Waals surface area contributed by atoms with Crippen LogP contribution in [0.1, 0.15) is 6.92 Å². The maximum Gasteiger partial charge on any atom is 0.333 e. The topological polar surface area (TPSA) is 96.3 Å². The van der Waals surface area contributed by atoms with Crippen molar-refractivity contribution in [3.05, 3.63) is 34.4 Å². The predicted molar refractivity (Wildman–Crippen MR) is 58.9 cm³/mol. The van der Waals surface area contributed by atoms with Crippen molar-refractivity contribution in [3.63, 3.8) is 0 Å². The lowest BCUT2D eigenvalue weighted by Gasteiger charge is -2.08. The molecule has 0 aromatic heterocycles. The molecular weight excluding hydrogens is 212 g/mol. The lowest BCUT2D eigenvalue weighted by atomic mass is 10.3. The van der Waals surface area contributed by atoms with Gasteiger partial charge in [0.25, 0.3) is 5.69 Å². The fourth-order valence-electron chi connectivity index (χ4n) is 1.07. The van der Waals surface area contributed by atoms with Crippen LogP contribution in [0.15, 0.2) is 24.3 Å². The molecule has 0 atom stereocenters. The van der Waals surface area contributed by atoms with Crippen LogP contribution in [-0.4, -0.2) is 17.5 Å². The standard InChI is InChI=1S/C9H12N4O3/c1-2-10-9(14)12-11-7-5-3-4-6-8(7)13(15)16/h3-6,11H,2H2,1H3,(H2,10,12,14). The van der Waals surface area contributed by atoms with E-state index in [4.69, 9.17) is 0 Å². The van der Waals surface area contributed by atoms with Crippen molar-refractivity contribution in [3.8, 4) is 0 Å². The molecule has 0 aliphatic heterocycles.